The van der Waals surface area contributed by atoms with Crippen molar-refractivity contribution in [2.75, 3.05) is 5.32 Å². The number of carbonyl (C=O) groups excluding carboxylic acids is 2. The van der Waals surface area contributed by atoms with E-state index in [1.54, 1.807) is 0 Å². The van der Waals surface area contributed by atoms with E-state index in [9.17, 15) is 9.59 Å². The molecule has 1 aliphatic heterocycles. The van der Waals surface area contributed by atoms with Gasteiger partial charge in [0.25, 0.3) is 5.91 Å². The molecule has 1 aromatic rings. The van der Waals surface area contributed by atoms with Crippen molar-refractivity contribution in [3.05, 3.63) is 11.1 Å². The summed E-state index contributed by atoms with van der Waals surface area (Å²) >= 11 is 1.38. The van der Waals surface area contributed by atoms with Crippen molar-refractivity contribution < 1.29 is 9.59 Å². The van der Waals surface area contributed by atoms with Crippen molar-refractivity contribution in [2.24, 2.45) is 5.10 Å². The van der Waals surface area contributed by atoms with Crippen LogP contribution in [0.5, 0.6) is 0 Å². The first-order valence-electron chi connectivity index (χ1n) is 5.99. The quantitative estimate of drug-likeness (QED) is 0.864. The van der Waals surface area contributed by atoms with Crippen LogP contribution >= 0.6 is 11.3 Å². The van der Waals surface area contributed by atoms with Gasteiger partial charge in [0.05, 0.1) is 5.69 Å². The Kier molecular flexibility index (Phi) is 3.66. The SMILES string of the molecule is CC(C)(C)c1csc(NC(=O)C2=NNC(=O)CC2)n1. The monoisotopic (exact) mass is 280 g/mol. The fraction of sp³-hybridized carbons (Fsp3) is 0.500. The number of carbonyl (C=O) groups is 2. The summed E-state index contributed by atoms with van der Waals surface area (Å²) in [5, 5.41) is 8.93. The normalized spacial score (nSPS) is 15.7. The first-order chi connectivity index (χ1) is 8.86. The minimum Gasteiger partial charge on any atom is -0.297 e. The third-order valence-electron chi connectivity index (χ3n) is 2.66. The molecule has 2 heterocycles. The highest BCUT2D eigenvalue weighted by Crippen LogP contribution is 2.26. The summed E-state index contributed by atoms with van der Waals surface area (Å²) in [6.07, 6.45) is 0.645. The van der Waals surface area contributed by atoms with Crippen LogP contribution in [0.1, 0.15) is 39.3 Å². The second-order valence-electron chi connectivity index (χ2n) is 5.34. The molecule has 19 heavy (non-hydrogen) atoms. The van der Waals surface area contributed by atoms with Gasteiger partial charge in [0.2, 0.25) is 5.91 Å². The Bertz CT molecular complexity index is 542. The molecule has 2 rings (SSSR count). The maximum absolute atomic E-state index is 11.9. The number of nitrogens with one attached hydrogen (secondary N) is 2. The first-order valence-corrected chi connectivity index (χ1v) is 6.87. The highest BCUT2D eigenvalue weighted by Gasteiger charge is 2.21. The van der Waals surface area contributed by atoms with Crippen molar-refractivity contribution in [1.29, 1.82) is 0 Å². The first kappa shape index (κ1) is 13.7. The Morgan fingerprint density at radius 1 is 1.42 bits per heavy atom. The summed E-state index contributed by atoms with van der Waals surface area (Å²) in [7, 11) is 0. The fourth-order valence-electron chi connectivity index (χ4n) is 1.48. The van der Waals surface area contributed by atoms with Gasteiger partial charge in [-0.2, -0.15) is 5.10 Å². The average Bonchev–Trinajstić information content (AvgIpc) is 2.78. The number of aromatic nitrogens is 1. The smallest absolute Gasteiger partial charge is 0.273 e. The molecule has 1 aliphatic rings. The Labute approximate surface area is 115 Å². The predicted molar refractivity (Wildman–Crippen MR) is 74.3 cm³/mol. The number of hydrazone groups is 1. The molecule has 0 radical (unpaired) electrons. The highest BCUT2D eigenvalue weighted by molar-refractivity contribution is 7.14. The van der Waals surface area contributed by atoms with Gasteiger partial charge in [-0.05, 0) is 0 Å². The van der Waals surface area contributed by atoms with E-state index in [1.165, 1.54) is 11.3 Å². The number of hydrogen-bond donors (Lipinski definition) is 2. The van der Waals surface area contributed by atoms with E-state index in [1.807, 2.05) is 5.38 Å². The topological polar surface area (TPSA) is 83.5 Å². The minimum atomic E-state index is -0.310. The molecule has 0 spiro atoms. The Morgan fingerprint density at radius 2 is 2.16 bits per heavy atom. The fourth-order valence-corrected chi connectivity index (χ4v) is 2.41. The van der Waals surface area contributed by atoms with Crippen LogP contribution < -0.4 is 10.7 Å². The van der Waals surface area contributed by atoms with Gasteiger partial charge in [-0.15, -0.1) is 11.3 Å². The largest absolute Gasteiger partial charge is 0.297 e. The van der Waals surface area contributed by atoms with E-state index >= 15 is 0 Å². The van der Waals surface area contributed by atoms with Gasteiger partial charge in [0.15, 0.2) is 5.13 Å². The van der Waals surface area contributed by atoms with Gasteiger partial charge in [0, 0.05) is 23.6 Å². The van der Waals surface area contributed by atoms with Crippen LogP contribution in [0.2, 0.25) is 0 Å². The third-order valence-corrected chi connectivity index (χ3v) is 3.42. The molecule has 0 aromatic carbocycles. The van der Waals surface area contributed by atoms with E-state index in [4.69, 9.17) is 0 Å². The lowest BCUT2D eigenvalue weighted by molar-refractivity contribution is -0.121. The molecule has 0 unspecified atom stereocenters. The van der Waals surface area contributed by atoms with Crippen LogP contribution in [-0.2, 0) is 15.0 Å². The zero-order chi connectivity index (χ0) is 14.0. The molecular weight excluding hydrogens is 264 g/mol. The molecule has 7 heteroatoms. The molecule has 2 amide bonds. The van der Waals surface area contributed by atoms with Crippen LogP contribution in [-0.4, -0.2) is 22.5 Å². The van der Waals surface area contributed by atoms with Crippen LogP contribution in [0, 0.1) is 0 Å². The lowest BCUT2D eigenvalue weighted by atomic mass is 9.93. The van der Waals surface area contributed by atoms with Gasteiger partial charge in [-0.1, -0.05) is 20.8 Å². The van der Waals surface area contributed by atoms with Crippen molar-refractivity contribution in [2.45, 2.75) is 39.0 Å². The molecule has 0 atom stereocenters. The zero-order valence-electron chi connectivity index (χ0n) is 11.1. The van der Waals surface area contributed by atoms with Crippen molar-refractivity contribution >= 4 is 34.0 Å². The minimum absolute atomic E-state index is 0.0458. The summed E-state index contributed by atoms with van der Waals surface area (Å²) in [5.74, 6) is -0.476. The molecule has 0 bridgehead atoms. The van der Waals surface area contributed by atoms with Gasteiger partial charge < -0.3 is 0 Å². The molecule has 1 aromatic heterocycles. The van der Waals surface area contributed by atoms with E-state index in [0.29, 0.717) is 17.3 Å². The summed E-state index contributed by atoms with van der Waals surface area (Å²) in [6.45, 7) is 6.19. The standard InChI is InChI=1S/C12H16N4O2S/c1-12(2,3)8-6-19-11(13-8)14-10(18)7-4-5-9(17)16-15-7/h6H,4-5H2,1-3H3,(H,16,17)(H,13,14,18). The van der Waals surface area contributed by atoms with Gasteiger partial charge in [-0.25, -0.2) is 10.4 Å². The van der Waals surface area contributed by atoms with Crippen molar-refractivity contribution in [1.82, 2.24) is 10.4 Å². The molecule has 102 valence electrons. The molecule has 0 fully saturated rings. The average molecular weight is 280 g/mol. The van der Waals surface area contributed by atoms with Crippen molar-refractivity contribution in [3.8, 4) is 0 Å². The maximum Gasteiger partial charge on any atom is 0.273 e. The second kappa shape index (κ2) is 5.08. The van der Waals surface area contributed by atoms with Gasteiger partial charge >= 0.3 is 0 Å². The Balaban J connectivity index is 2.03. The number of nitrogens with zero attached hydrogens (tertiary/aromatic N) is 2. The van der Waals surface area contributed by atoms with Crippen LogP contribution in [0.15, 0.2) is 10.5 Å². The third kappa shape index (κ3) is 3.37. The number of rotatable bonds is 2. The lowest BCUT2D eigenvalue weighted by Crippen LogP contribution is -2.32. The Morgan fingerprint density at radius 3 is 2.68 bits per heavy atom. The number of anilines is 1. The zero-order valence-corrected chi connectivity index (χ0v) is 11.9. The number of hydrogen-bond acceptors (Lipinski definition) is 5. The van der Waals surface area contributed by atoms with Crippen LogP contribution in [0.4, 0.5) is 5.13 Å². The molecule has 0 aliphatic carbocycles. The molecule has 2 N–H and O–H groups in total. The molecular formula is C12H16N4O2S. The maximum atomic E-state index is 11.9. The van der Waals surface area contributed by atoms with E-state index in [2.05, 4.69) is 41.6 Å². The highest BCUT2D eigenvalue weighted by atomic mass is 32.1. The molecule has 6 nitrogen and oxygen atoms in total. The molecule has 0 saturated carbocycles. The van der Waals surface area contributed by atoms with Gasteiger partial charge in [-0.3, -0.25) is 14.9 Å². The summed E-state index contributed by atoms with van der Waals surface area (Å²) in [6, 6.07) is 0. The molecule has 0 saturated heterocycles. The lowest BCUT2D eigenvalue weighted by Gasteiger charge is -2.14. The van der Waals surface area contributed by atoms with Crippen LogP contribution in [0.3, 0.4) is 0 Å². The Hall–Kier alpha value is -1.76. The summed E-state index contributed by atoms with van der Waals surface area (Å²) < 4.78 is 0. The van der Waals surface area contributed by atoms with Crippen LogP contribution in [0.25, 0.3) is 0 Å². The predicted octanol–water partition coefficient (Wildman–Crippen LogP) is 1.65. The number of thiazole rings is 1. The van der Waals surface area contributed by atoms with Gasteiger partial charge in [0.1, 0.15) is 5.71 Å². The second-order valence-corrected chi connectivity index (χ2v) is 6.19. The summed E-state index contributed by atoms with van der Waals surface area (Å²) in [4.78, 5) is 27.2. The van der Waals surface area contributed by atoms with Crippen molar-refractivity contribution in [3.63, 3.8) is 0 Å². The summed E-state index contributed by atoms with van der Waals surface area (Å²) in [5.41, 5.74) is 3.52. The number of amides is 2. The van der Waals surface area contributed by atoms with E-state index in [-0.39, 0.29) is 23.7 Å². The van der Waals surface area contributed by atoms with E-state index in [0.717, 1.165) is 5.69 Å². The van der Waals surface area contributed by atoms with E-state index < -0.39 is 0 Å².